The van der Waals surface area contributed by atoms with E-state index in [1.165, 1.54) is 0 Å². The standard InChI is InChI=1S/C21H23FN2O5S/c1-13(2)24-30(26,27)15-6-7-17(22)16(12-15)20(25)23-14-5-8-18-19(11-14)29-21(28-18)9-3-4-10-21/h5-8,11-13,24H,3-4,9-10H2,1-2H3,(H,23,25). The molecule has 0 saturated heterocycles. The van der Waals surface area contributed by atoms with Crippen LogP contribution in [-0.4, -0.2) is 26.2 Å². The smallest absolute Gasteiger partial charge is 0.258 e. The molecule has 2 aliphatic rings. The number of rotatable bonds is 5. The molecule has 0 atom stereocenters. The highest BCUT2D eigenvalue weighted by atomic mass is 32.2. The number of nitrogens with one attached hydrogen (secondary N) is 2. The van der Waals surface area contributed by atoms with Gasteiger partial charge in [0, 0.05) is 30.6 Å². The average Bonchev–Trinajstić information content (AvgIpc) is 3.26. The van der Waals surface area contributed by atoms with Crippen molar-refractivity contribution in [1.82, 2.24) is 4.72 Å². The fraction of sp³-hybridized carbons (Fsp3) is 0.381. The van der Waals surface area contributed by atoms with Crippen molar-refractivity contribution >= 4 is 21.6 Å². The third kappa shape index (κ3) is 3.99. The number of carbonyl (C=O) groups excluding carboxylic acids is 1. The van der Waals surface area contributed by atoms with Crippen LogP contribution in [0.15, 0.2) is 41.3 Å². The SMILES string of the molecule is CC(C)NS(=O)(=O)c1ccc(F)c(C(=O)Nc2ccc3c(c2)OC2(CCCC2)O3)c1. The molecule has 4 rings (SSSR count). The van der Waals surface area contributed by atoms with Crippen molar-refractivity contribution in [3.8, 4) is 11.5 Å². The summed E-state index contributed by atoms with van der Waals surface area (Å²) in [6.07, 6.45) is 3.67. The monoisotopic (exact) mass is 434 g/mol. The van der Waals surface area contributed by atoms with E-state index in [9.17, 15) is 17.6 Å². The maximum absolute atomic E-state index is 14.3. The second-order valence-corrected chi connectivity index (χ2v) is 9.57. The van der Waals surface area contributed by atoms with Crippen LogP contribution in [0.5, 0.6) is 11.5 Å². The number of hydrogen-bond acceptors (Lipinski definition) is 5. The minimum atomic E-state index is -3.86. The van der Waals surface area contributed by atoms with Crippen LogP contribution in [0, 0.1) is 5.82 Å². The molecule has 2 aromatic carbocycles. The topological polar surface area (TPSA) is 93.7 Å². The first-order valence-corrected chi connectivity index (χ1v) is 11.3. The van der Waals surface area contributed by atoms with E-state index in [-0.39, 0.29) is 16.5 Å². The Hall–Kier alpha value is -2.65. The lowest BCUT2D eigenvalue weighted by molar-refractivity contribution is -0.0716. The number of hydrogen-bond donors (Lipinski definition) is 2. The summed E-state index contributed by atoms with van der Waals surface area (Å²) in [5, 5.41) is 2.60. The molecule has 2 N–H and O–H groups in total. The summed E-state index contributed by atoms with van der Waals surface area (Å²) >= 11 is 0. The van der Waals surface area contributed by atoms with Gasteiger partial charge in [-0.25, -0.2) is 17.5 Å². The first-order chi connectivity index (χ1) is 14.2. The number of carbonyl (C=O) groups is 1. The molecular weight excluding hydrogens is 411 g/mol. The fourth-order valence-electron chi connectivity index (χ4n) is 3.71. The van der Waals surface area contributed by atoms with Gasteiger partial charge in [0.25, 0.3) is 11.7 Å². The average molecular weight is 434 g/mol. The highest BCUT2D eigenvalue weighted by Gasteiger charge is 2.44. The molecule has 1 saturated carbocycles. The van der Waals surface area contributed by atoms with Gasteiger partial charge in [0.15, 0.2) is 11.5 Å². The van der Waals surface area contributed by atoms with E-state index in [1.54, 1.807) is 32.0 Å². The van der Waals surface area contributed by atoms with Gasteiger partial charge in [-0.05, 0) is 57.0 Å². The lowest BCUT2D eigenvalue weighted by Gasteiger charge is -2.21. The summed E-state index contributed by atoms with van der Waals surface area (Å²) in [6.45, 7) is 3.34. The molecule has 1 spiro atoms. The van der Waals surface area contributed by atoms with Gasteiger partial charge in [-0.1, -0.05) is 0 Å². The molecule has 2 aromatic rings. The fourth-order valence-corrected chi connectivity index (χ4v) is 4.99. The zero-order valence-corrected chi connectivity index (χ0v) is 17.5. The van der Waals surface area contributed by atoms with Crippen molar-refractivity contribution in [3.63, 3.8) is 0 Å². The maximum atomic E-state index is 14.3. The van der Waals surface area contributed by atoms with E-state index in [1.807, 2.05) is 0 Å². The van der Waals surface area contributed by atoms with Crippen molar-refractivity contribution < 1.29 is 27.1 Å². The molecule has 9 heteroatoms. The Labute approximate surface area is 174 Å². The van der Waals surface area contributed by atoms with Crippen LogP contribution in [-0.2, 0) is 10.0 Å². The van der Waals surface area contributed by atoms with Gasteiger partial charge in [-0.2, -0.15) is 0 Å². The number of benzene rings is 2. The lowest BCUT2D eigenvalue weighted by atomic mass is 10.2. The van der Waals surface area contributed by atoms with E-state index in [0.29, 0.717) is 17.2 Å². The molecule has 1 amide bonds. The lowest BCUT2D eigenvalue weighted by Crippen LogP contribution is -2.34. The Kier molecular flexibility index (Phi) is 5.19. The van der Waals surface area contributed by atoms with Crippen LogP contribution in [0.4, 0.5) is 10.1 Å². The molecular formula is C21H23FN2O5S. The molecule has 1 heterocycles. The zero-order chi connectivity index (χ0) is 21.5. The summed E-state index contributed by atoms with van der Waals surface area (Å²) in [5.74, 6) is -1.07. The van der Waals surface area contributed by atoms with Crippen LogP contribution in [0.3, 0.4) is 0 Å². The molecule has 1 aliphatic carbocycles. The third-order valence-corrected chi connectivity index (χ3v) is 6.70. The Morgan fingerprint density at radius 3 is 2.47 bits per heavy atom. The van der Waals surface area contributed by atoms with E-state index < -0.39 is 27.5 Å². The van der Waals surface area contributed by atoms with Gasteiger partial charge in [0.1, 0.15) is 5.82 Å². The van der Waals surface area contributed by atoms with Gasteiger partial charge >= 0.3 is 0 Å². The largest absolute Gasteiger partial charge is 0.448 e. The van der Waals surface area contributed by atoms with Crippen molar-refractivity contribution in [2.45, 2.75) is 56.3 Å². The summed E-state index contributed by atoms with van der Waals surface area (Å²) in [6, 6.07) is 7.73. The van der Waals surface area contributed by atoms with E-state index in [2.05, 4.69) is 10.0 Å². The van der Waals surface area contributed by atoms with Crippen LogP contribution in [0.25, 0.3) is 0 Å². The Bertz CT molecular complexity index is 1090. The van der Waals surface area contributed by atoms with Crippen molar-refractivity contribution in [3.05, 3.63) is 47.8 Å². The third-order valence-electron chi connectivity index (χ3n) is 5.04. The van der Waals surface area contributed by atoms with E-state index >= 15 is 0 Å². The van der Waals surface area contributed by atoms with Gasteiger partial charge in [-0.3, -0.25) is 4.79 Å². The Morgan fingerprint density at radius 1 is 1.07 bits per heavy atom. The summed E-state index contributed by atoms with van der Waals surface area (Å²) in [7, 11) is -3.86. The molecule has 0 bridgehead atoms. The summed E-state index contributed by atoms with van der Waals surface area (Å²) in [5.41, 5.74) is 0.0249. The molecule has 1 aliphatic heterocycles. The molecule has 7 nitrogen and oxygen atoms in total. The minimum absolute atomic E-state index is 0.184. The van der Waals surface area contributed by atoms with E-state index in [0.717, 1.165) is 43.9 Å². The second kappa shape index (κ2) is 7.55. The summed E-state index contributed by atoms with van der Waals surface area (Å²) in [4.78, 5) is 12.5. The van der Waals surface area contributed by atoms with Gasteiger partial charge in [-0.15, -0.1) is 0 Å². The number of anilines is 1. The van der Waals surface area contributed by atoms with Crippen molar-refractivity contribution in [2.75, 3.05) is 5.32 Å². The quantitative estimate of drug-likeness (QED) is 0.747. The first kappa shape index (κ1) is 20.6. The highest BCUT2D eigenvalue weighted by Crippen LogP contribution is 2.47. The molecule has 0 unspecified atom stereocenters. The Balaban J connectivity index is 1.55. The molecule has 30 heavy (non-hydrogen) atoms. The molecule has 0 radical (unpaired) electrons. The van der Waals surface area contributed by atoms with Crippen molar-refractivity contribution in [2.24, 2.45) is 0 Å². The van der Waals surface area contributed by atoms with Gasteiger partial charge in [0.2, 0.25) is 10.0 Å². The van der Waals surface area contributed by atoms with Crippen LogP contribution >= 0.6 is 0 Å². The highest BCUT2D eigenvalue weighted by molar-refractivity contribution is 7.89. The molecule has 1 fully saturated rings. The van der Waals surface area contributed by atoms with Gasteiger partial charge < -0.3 is 14.8 Å². The first-order valence-electron chi connectivity index (χ1n) is 9.83. The number of fused-ring (bicyclic) bond motifs is 1. The van der Waals surface area contributed by atoms with Crippen LogP contribution < -0.4 is 19.5 Å². The van der Waals surface area contributed by atoms with Gasteiger partial charge in [0.05, 0.1) is 10.5 Å². The number of ether oxygens (including phenoxy) is 2. The predicted molar refractivity (Wildman–Crippen MR) is 109 cm³/mol. The van der Waals surface area contributed by atoms with Crippen LogP contribution in [0.1, 0.15) is 49.9 Å². The van der Waals surface area contributed by atoms with Crippen LogP contribution in [0.2, 0.25) is 0 Å². The second-order valence-electron chi connectivity index (χ2n) is 7.86. The number of sulfonamides is 1. The maximum Gasteiger partial charge on any atom is 0.258 e. The number of amides is 1. The molecule has 0 aromatic heterocycles. The predicted octanol–water partition coefficient (Wildman–Crippen LogP) is 3.81. The number of halogens is 1. The van der Waals surface area contributed by atoms with E-state index in [4.69, 9.17) is 9.47 Å². The Morgan fingerprint density at radius 2 is 1.77 bits per heavy atom. The normalized spacial score (nSPS) is 16.9. The van der Waals surface area contributed by atoms with Crippen molar-refractivity contribution in [1.29, 1.82) is 0 Å². The minimum Gasteiger partial charge on any atom is -0.448 e. The summed E-state index contributed by atoms with van der Waals surface area (Å²) < 4.78 is 53.3. The molecule has 160 valence electrons. The zero-order valence-electron chi connectivity index (χ0n) is 16.7.